The molecule has 3 aromatic carbocycles. The zero-order valence-corrected chi connectivity index (χ0v) is 22.1. The van der Waals surface area contributed by atoms with Gasteiger partial charge in [-0.1, -0.05) is 78.7 Å². The summed E-state index contributed by atoms with van der Waals surface area (Å²) in [7, 11) is 0. The number of rotatable bonds is 11. The predicted octanol–water partition coefficient (Wildman–Crippen LogP) is 6.30. The molecule has 0 spiro atoms. The van der Waals surface area contributed by atoms with Crippen molar-refractivity contribution in [2.75, 3.05) is 5.75 Å². The lowest BCUT2D eigenvalue weighted by Gasteiger charge is -2.32. The Morgan fingerprint density at radius 2 is 1.60 bits per heavy atom. The molecule has 0 unspecified atom stereocenters. The van der Waals surface area contributed by atoms with Crippen LogP contribution >= 0.6 is 23.4 Å². The predicted molar refractivity (Wildman–Crippen MR) is 146 cm³/mol. The minimum Gasteiger partial charge on any atom is -0.352 e. The van der Waals surface area contributed by atoms with Gasteiger partial charge in [0.15, 0.2) is 0 Å². The molecule has 0 saturated carbocycles. The Morgan fingerprint density at radius 1 is 0.943 bits per heavy atom. The van der Waals surface area contributed by atoms with E-state index >= 15 is 0 Å². The van der Waals surface area contributed by atoms with Gasteiger partial charge in [-0.05, 0) is 55.7 Å². The molecule has 0 radical (unpaired) electrons. The maximum Gasteiger partial charge on any atom is 0.243 e. The maximum absolute atomic E-state index is 13.6. The summed E-state index contributed by atoms with van der Waals surface area (Å²) < 4.78 is 0. The third-order valence-electron chi connectivity index (χ3n) is 5.92. The first-order chi connectivity index (χ1) is 16.9. The number of benzene rings is 3. The highest BCUT2D eigenvalue weighted by molar-refractivity contribution is 8.00. The van der Waals surface area contributed by atoms with Gasteiger partial charge in [0, 0.05) is 28.9 Å². The monoisotopic (exact) mass is 508 g/mol. The molecular weight excluding hydrogens is 476 g/mol. The van der Waals surface area contributed by atoms with Gasteiger partial charge >= 0.3 is 0 Å². The summed E-state index contributed by atoms with van der Waals surface area (Å²) in [6.45, 7) is 6.38. The Bertz CT molecular complexity index is 1090. The molecule has 2 atom stereocenters. The van der Waals surface area contributed by atoms with Crippen molar-refractivity contribution < 1.29 is 9.59 Å². The maximum atomic E-state index is 13.6. The molecule has 3 aromatic rings. The molecule has 0 fully saturated rings. The molecule has 0 heterocycles. The summed E-state index contributed by atoms with van der Waals surface area (Å²) in [6, 6.07) is 24.8. The van der Waals surface area contributed by atoms with E-state index in [2.05, 4.69) is 5.32 Å². The standard InChI is InChI=1S/C29H33ClN2O2S/c1-4-22(3)31-29(34)27(18-23-8-6-5-7-9-23)32(19-24-12-14-25(30)15-13-24)28(33)20-35-26-16-10-21(2)11-17-26/h5-17,22,27H,4,18-20H2,1-3H3,(H,31,34)/t22-,27-/m0/s1. The lowest BCUT2D eigenvalue weighted by molar-refractivity contribution is -0.139. The van der Waals surface area contributed by atoms with Crippen molar-refractivity contribution in [2.45, 2.75) is 57.1 Å². The van der Waals surface area contributed by atoms with Crippen LogP contribution in [0.1, 0.15) is 37.0 Å². The van der Waals surface area contributed by atoms with Gasteiger partial charge in [0.05, 0.1) is 5.75 Å². The van der Waals surface area contributed by atoms with E-state index in [1.165, 1.54) is 17.3 Å². The second-order valence-corrected chi connectivity index (χ2v) is 10.3. The van der Waals surface area contributed by atoms with Crippen molar-refractivity contribution in [2.24, 2.45) is 0 Å². The molecule has 184 valence electrons. The fourth-order valence-corrected chi connectivity index (χ4v) is 4.55. The topological polar surface area (TPSA) is 49.4 Å². The highest BCUT2D eigenvalue weighted by Gasteiger charge is 2.31. The summed E-state index contributed by atoms with van der Waals surface area (Å²) in [5, 5.41) is 3.74. The second kappa shape index (κ2) is 13.4. The molecule has 0 bridgehead atoms. The van der Waals surface area contributed by atoms with E-state index in [1.807, 2.05) is 99.6 Å². The summed E-state index contributed by atoms with van der Waals surface area (Å²) in [4.78, 5) is 29.9. The van der Waals surface area contributed by atoms with Crippen LogP contribution < -0.4 is 5.32 Å². The summed E-state index contributed by atoms with van der Waals surface area (Å²) in [5.41, 5.74) is 3.11. The van der Waals surface area contributed by atoms with Gasteiger partial charge in [0.1, 0.15) is 6.04 Å². The normalized spacial score (nSPS) is 12.6. The minimum absolute atomic E-state index is 0.0233. The van der Waals surface area contributed by atoms with Gasteiger partial charge in [0.25, 0.3) is 0 Å². The SMILES string of the molecule is CC[C@H](C)NC(=O)[C@H](Cc1ccccc1)N(Cc1ccc(Cl)cc1)C(=O)CSc1ccc(C)cc1. The molecule has 6 heteroatoms. The van der Waals surface area contributed by atoms with Gasteiger partial charge in [-0.3, -0.25) is 9.59 Å². The number of nitrogens with zero attached hydrogens (tertiary/aromatic N) is 1. The molecule has 1 N–H and O–H groups in total. The van der Waals surface area contributed by atoms with Crippen LogP contribution in [0.15, 0.2) is 83.8 Å². The number of hydrogen-bond acceptors (Lipinski definition) is 3. The number of nitrogens with one attached hydrogen (secondary N) is 1. The fraction of sp³-hybridized carbons (Fsp3) is 0.310. The molecule has 0 aliphatic carbocycles. The molecule has 3 rings (SSSR count). The average Bonchev–Trinajstić information content (AvgIpc) is 2.87. The summed E-state index contributed by atoms with van der Waals surface area (Å²) >= 11 is 7.57. The van der Waals surface area contributed by atoms with Crippen molar-refractivity contribution in [3.63, 3.8) is 0 Å². The van der Waals surface area contributed by atoms with Crippen molar-refractivity contribution in [1.82, 2.24) is 10.2 Å². The zero-order chi connectivity index (χ0) is 25.2. The summed E-state index contributed by atoms with van der Waals surface area (Å²) in [5.74, 6) is 0.0371. The molecule has 0 saturated heterocycles. The van der Waals surface area contributed by atoms with Crippen molar-refractivity contribution in [1.29, 1.82) is 0 Å². The van der Waals surface area contributed by atoms with Crippen LogP contribution in [-0.2, 0) is 22.6 Å². The Morgan fingerprint density at radius 3 is 2.23 bits per heavy atom. The average molecular weight is 509 g/mol. The van der Waals surface area contributed by atoms with Crippen LogP contribution in [0, 0.1) is 6.92 Å². The van der Waals surface area contributed by atoms with E-state index < -0.39 is 6.04 Å². The number of carbonyl (C=O) groups excluding carboxylic acids is 2. The molecule has 2 amide bonds. The van der Waals surface area contributed by atoms with Gasteiger partial charge < -0.3 is 10.2 Å². The first kappa shape index (κ1) is 26.8. The largest absolute Gasteiger partial charge is 0.352 e. The highest BCUT2D eigenvalue weighted by atomic mass is 35.5. The van der Waals surface area contributed by atoms with Crippen LogP contribution in [0.2, 0.25) is 5.02 Å². The fourth-order valence-electron chi connectivity index (χ4n) is 3.64. The quantitative estimate of drug-likeness (QED) is 0.309. The van der Waals surface area contributed by atoms with Gasteiger partial charge in [0.2, 0.25) is 11.8 Å². The van der Waals surface area contributed by atoms with Crippen molar-refractivity contribution in [3.8, 4) is 0 Å². The smallest absolute Gasteiger partial charge is 0.243 e. The lowest BCUT2D eigenvalue weighted by Crippen LogP contribution is -2.52. The van der Waals surface area contributed by atoms with E-state index in [0.717, 1.165) is 22.4 Å². The number of hydrogen-bond donors (Lipinski definition) is 1. The Hall–Kier alpha value is -2.76. The van der Waals surface area contributed by atoms with Crippen LogP contribution in [0.5, 0.6) is 0 Å². The van der Waals surface area contributed by atoms with Gasteiger partial charge in [-0.2, -0.15) is 0 Å². The van der Waals surface area contributed by atoms with E-state index in [-0.39, 0.29) is 23.6 Å². The Labute approximate surface area is 218 Å². The van der Waals surface area contributed by atoms with E-state index in [9.17, 15) is 9.59 Å². The molecule has 0 aliphatic heterocycles. The number of aryl methyl sites for hydroxylation is 1. The molecule has 35 heavy (non-hydrogen) atoms. The number of amides is 2. The third kappa shape index (κ3) is 8.44. The first-order valence-electron chi connectivity index (χ1n) is 11.9. The minimum atomic E-state index is -0.631. The second-order valence-electron chi connectivity index (χ2n) is 8.77. The lowest BCUT2D eigenvalue weighted by atomic mass is 10.0. The van der Waals surface area contributed by atoms with Crippen LogP contribution in [0.25, 0.3) is 0 Å². The molecule has 0 aliphatic rings. The molecular formula is C29H33ClN2O2S. The van der Waals surface area contributed by atoms with E-state index in [0.29, 0.717) is 18.0 Å². The first-order valence-corrected chi connectivity index (χ1v) is 13.3. The van der Waals surface area contributed by atoms with Crippen LogP contribution in [-0.4, -0.2) is 34.6 Å². The number of halogens is 1. The highest BCUT2D eigenvalue weighted by Crippen LogP contribution is 2.22. The van der Waals surface area contributed by atoms with Crippen molar-refractivity contribution >= 4 is 35.2 Å². The third-order valence-corrected chi connectivity index (χ3v) is 7.17. The zero-order valence-electron chi connectivity index (χ0n) is 20.5. The number of carbonyl (C=O) groups is 2. The Balaban J connectivity index is 1.89. The Kier molecular flexibility index (Phi) is 10.2. The number of thioether (sulfide) groups is 1. The summed E-state index contributed by atoms with van der Waals surface area (Å²) in [6.07, 6.45) is 1.26. The molecule has 0 aromatic heterocycles. The molecule has 4 nitrogen and oxygen atoms in total. The van der Waals surface area contributed by atoms with E-state index in [4.69, 9.17) is 11.6 Å². The van der Waals surface area contributed by atoms with Gasteiger partial charge in [-0.25, -0.2) is 0 Å². The van der Waals surface area contributed by atoms with Crippen molar-refractivity contribution in [3.05, 3.63) is 101 Å². The van der Waals surface area contributed by atoms with Crippen LogP contribution in [0.4, 0.5) is 0 Å². The van der Waals surface area contributed by atoms with E-state index in [1.54, 1.807) is 4.90 Å². The van der Waals surface area contributed by atoms with Crippen LogP contribution in [0.3, 0.4) is 0 Å². The van der Waals surface area contributed by atoms with Gasteiger partial charge in [-0.15, -0.1) is 11.8 Å².